The van der Waals surface area contributed by atoms with Gasteiger partial charge >= 0.3 is 0 Å². The summed E-state index contributed by atoms with van der Waals surface area (Å²) in [6, 6.07) is 1.57. The zero-order chi connectivity index (χ0) is 8.43. The highest BCUT2D eigenvalue weighted by Gasteiger charge is 2.02. The van der Waals surface area contributed by atoms with Crippen LogP contribution in [0.15, 0.2) is 12.3 Å². The van der Waals surface area contributed by atoms with E-state index >= 15 is 0 Å². The first-order chi connectivity index (χ1) is 5.09. The van der Waals surface area contributed by atoms with E-state index < -0.39 is 5.91 Å². The molecule has 60 valence electrons. The Morgan fingerprint density at radius 3 is 2.82 bits per heavy atom. The molecule has 0 fully saturated rings. The van der Waals surface area contributed by atoms with E-state index in [2.05, 4.69) is 0 Å². The van der Waals surface area contributed by atoms with E-state index in [1.807, 2.05) is 6.92 Å². The van der Waals surface area contributed by atoms with E-state index in [9.17, 15) is 4.79 Å². The first-order valence-corrected chi connectivity index (χ1v) is 3.23. The monoisotopic (exact) mass is 154 g/mol. The van der Waals surface area contributed by atoms with Gasteiger partial charge in [0.15, 0.2) is 5.88 Å². The summed E-state index contributed by atoms with van der Waals surface area (Å²) in [6.07, 6.45) is 1.67. The van der Waals surface area contributed by atoms with E-state index in [1.165, 1.54) is 4.57 Å². The molecule has 0 aliphatic rings. The lowest BCUT2D eigenvalue weighted by Gasteiger charge is -1.98. The third-order valence-corrected chi connectivity index (χ3v) is 1.34. The van der Waals surface area contributed by atoms with Crippen LogP contribution in [0.3, 0.4) is 0 Å². The summed E-state index contributed by atoms with van der Waals surface area (Å²) in [5, 5.41) is 9.14. The van der Waals surface area contributed by atoms with Gasteiger partial charge in [0.25, 0.3) is 0 Å². The largest absolute Gasteiger partial charge is 0.494 e. The van der Waals surface area contributed by atoms with Crippen molar-refractivity contribution in [2.75, 3.05) is 0 Å². The minimum atomic E-state index is -0.462. The van der Waals surface area contributed by atoms with Crippen molar-refractivity contribution in [3.8, 4) is 5.88 Å². The molecule has 0 spiro atoms. The van der Waals surface area contributed by atoms with Gasteiger partial charge in [-0.3, -0.25) is 4.79 Å². The second-order valence-electron chi connectivity index (χ2n) is 2.47. The molecule has 1 amide bonds. The number of hydrogen-bond acceptors (Lipinski definition) is 2. The molecule has 0 aliphatic heterocycles. The van der Waals surface area contributed by atoms with E-state index in [0.717, 1.165) is 5.56 Å². The first kappa shape index (κ1) is 7.65. The van der Waals surface area contributed by atoms with E-state index in [-0.39, 0.29) is 12.4 Å². The third-order valence-electron chi connectivity index (χ3n) is 1.34. The molecule has 4 nitrogen and oxygen atoms in total. The molecule has 11 heavy (non-hydrogen) atoms. The molecule has 4 heteroatoms. The fraction of sp³-hybridized carbons (Fsp3) is 0.286. The van der Waals surface area contributed by atoms with Crippen molar-refractivity contribution in [1.29, 1.82) is 0 Å². The van der Waals surface area contributed by atoms with Crippen molar-refractivity contribution in [3.05, 3.63) is 17.8 Å². The number of aromatic hydroxyl groups is 1. The topological polar surface area (TPSA) is 68.2 Å². The van der Waals surface area contributed by atoms with Gasteiger partial charge in [0, 0.05) is 12.3 Å². The molecule has 0 saturated carbocycles. The second kappa shape index (κ2) is 2.65. The molecule has 1 heterocycles. The number of nitrogens with zero attached hydrogens (tertiary/aromatic N) is 1. The highest BCUT2D eigenvalue weighted by Crippen LogP contribution is 2.13. The summed E-state index contributed by atoms with van der Waals surface area (Å²) in [6.45, 7) is 1.86. The minimum Gasteiger partial charge on any atom is -0.494 e. The summed E-state index contributed by atoms with van der Waals surface area (Å²) in [5.74, 6) is -0.391. The van der Waals surface area contributed by atoms with Gasteiger partial charge in [-0.05, 0) is 12.5 Å². The van der Waals surface area contributed by atoms with Crippen LogP contribution in [0.4, 0.5) is 0 Å². The Hall–Kier alpha value is -1.45. The van der Waals surface area contributed by atoms with Crippen LogP contribution in [0.1, 0.15) is 5.56 Å². The third kappa shape index (κ3) is 1.73. The second-order valence-corrected chi connectivity index (χ2v) is 2.47. The van der Waals surface area contributed by atoms with Crippen molar-refractivity contribution >= 4 is 5.91 Å². The summed E-state index contributed by atoms with van der Waals surface area (Å²) in [5.41, 5.74) is 5.84. The lowest BCUT2D eigenvalue weighted by molar-refractivity contribution is -0.118. The van der Waals surface area contributed by atoms with Gasteiger partial charge in [0.05, 0.1) is 0 Å². The maximum absolute atomic E-state index is 10.4. The van der Waals surface area contributed by atoms with Crippen LogP contribution < -0.4 is 5.73 Å². The predicted molar refractivity (Wildman–Crippen MR) is 40.0 cm³/mol. The van der Waals surface area contributed by atoms with Crippen molar-refractivity contribution in [2.24, 2.45) is 5.73 Å². The van der Waals surface area contributed by atoms with Gasteiger partial charge in [-0.2, -0.15) is 0 Å². The minimum absolute atomic E-state index is 0.0275. The molecule has 0 radical (unpaired) electrons. The fourth-order valence-electron chi connectivity index (χ4n) is 0.930. The van der Waals surface area contributed by atoms with Crippen molar-refractivity contribution in [2.45, 2.75) is 13.5 Å². The van der Waals surface area contributed by atoms with Crippen molar-refractivity contribution in [3.63, 3.8) is 0 Å². The van der Waals surface area contributed by atoms with Gasteiger partial charge in [-0.1, -0.05) is 0 Å². The Morgan fingerprint density at radius 2 is 2.45 bits per heavy atom. The number of hydrogen-bond donors (Lipinski definition) is 2. The van der Waals surface area contributed by atoms with E-state index in [1.54, 1.807) is 12.3 Å². The predicted octanol–water partition coefficient (Wildman–Crippen LogP) is -0.0126. The van der Waals surface area contributed by atoms with E-state index in [4.69, 9.17) is 10.8 Å². The lowest BCUT2D eigenvalue weighted by atomic mass is 10.4. The van der Waals surface area contributed by atoms with Crippen LogP contribution in [0.5, 0.6) is 5.88 Å². The molecule has 0 aliphatic carbocycles. The molecule has 1 aromatic heterocycles. The quantitative estimate of drug-likeness (QED) is 0.629. The molecular weight excluding hydrogens is 144 g/mol. The van der Waals surface area contributed by atoms with Gasteiger partial charge in [-0.15, -0.1) is 0 Å². The molecule has 0 saturated heterocycles. The zero-order valence-corrected chi connectivity index (χ0v) is 6.24. The Labute approximate surface area is 64.2 Å². The van der Waals surface area contributed by atoms with Crippen molar-refractivity contribution < 1.29 is 9.90 Å². The first-order valence-electron chi connectivity index (χ1n) is 3.23. The van der Waals surface area contributed by atoms with Gasteiger partial charge in [0.1, 0.15) is 6.54 Å². The summed E-state index contributed by atoms with van der Waals surface area (Å²) >= 11 is 0. The van der Waals surface area contributed by atoms with Gasteiger partial charge in [0.2, 0.25) is 5.91 Å². The highest BCUT2D eigenvalue weighted by molar-refractivity contribution is 5.73. The average Bonchev–Trinajstić information content (AvgIpc) is 2.09. The molecule has 3 N–H and O–H groups in total. The van der Waals surface area contributed by atoms with Crippen LogP contribution in [0.25, 0.3) is 0 Å². The Balaban J connectivity index is 2.85. The number of carbonyl (C=O) groups is 1. The van der Waals surface area contributed by atoms with Gasteiger partial charge < -0.3 is 15.4 Å². The molecule has 0 unspecified atom stereocenters. The number of aryl methyl sites for hydroxylation is 1. The van der Waals surface area contributed by atoms with Crippen LogP contribution in [-0.2, 0) is 11.3 Å². The van der Waals surface area contributed by atoms with Gasteiger partial charge in [-0.25, -0.2) is 0 Å². The molecule has 1 rings (SSSR count). The smallest absolute Gasteiger partial charge is 0.237 e. The van der Waals surface area contributed by atoms with Crippen LogP contribution in [0.2, 0.25) is 0 Å². The number of carbonyl (C=O) groups excluding carboxylic acids is 1. The number of rotatable bonds is 2. The molecule has 0 aromatic carbocycles. The van der Waals surface area contributed by atoms with Crippen molar-refractivity contribution in [1.82, 2.24) is 4.57 Å². The number of primary amides is 1. The van der Waals surface area contributed by atoms with E-state index in [0.29, 0.717) is 0 Å². The molecular formula is C7H10N2O2. The Bertz CT molecular complexity index is 278. The van der Waals surface area contributed by atoms with Crippen LogP contribution in [-0.4, -0.2) is 15.6 Å². The standard InChI is InChI=1S/C7H10N2O2/c1-5-2-7(11)9(3-5)4-6(8)10/h2-3,11H,4H2,1H3,(H2,8,10). The summed E-state index contributed by atoms with van der Waals surface area (Å²) in [4.78, 5) is 10.4. The SMILES string of the molecule is Cc1cc(O)n(CC(N)=O)c1. The zero-order valence-electron chi connectivity index (χ0n) is 6.24. The Kier molecular flexibility index (Phi) is 1.85. The van der Waals surface area contributed by atoms with Crippen LogP contribution >= 0.6 is 0 Å². The summed E-state index contributed by atoms with van der Waals surface area (Å²) in [7, 11) is 0. The van der Waals surface area contributed by atoms with Crippen LogP contribution in [0, 0.1) is 6.92 Å². The number of amides is 1. The summed E-state index contributed by atoms with van der Waals surface area (Å²) < 4.78 is 1.40. The molecule has 1 aromatic rings. The lowest BCUT2D eigenvalue weighted by Crippen LogP contribution is -2.17. The number of aromatic nitrogens is 1. The number of nitrogens with two attached hydrogens (primary N) is 1. The molecule has 0 bridgehead atoms. The maximum Gasteiger partial charge on any atom is 0.237 e. The highest BCUT2D eigenvalue weighted by atomic mass is 16.3. The molecule has 0 atom stereocenters. The normalized spacial score (nSPS) is 9.91. The fourth-order valence-corrected chi connectivity index (χ4v) is 0.930. The average molecular weight is 154 g/mol. The Morgan fingerprint density at radius 1 is 1.82 bits per heavy atom. The maximum atomic E-state index is 10.4.